The Morgan fingerprint density at radius 2 is 1.87 bits per heavy atom. The highest BCUT2D eigenvalue weighted by molar-refractivity contribution is 5.71. The van der Waals surface area contributed by atoms with Gasteiger partial charge in [0.25, 0.3) is 0 Å². The lowest BCUT2D eigenvalue weighted by Crippen LogP contribution is -2.37. The van der Waals surface area contributed by atoms with Crippen LogP contribution in [0.3, 0.4) is 0 Å². The van der Waals surface area contributed by atoms with Gasteiger partial charge < -0.3 is 20.5 Å². The van der Waals surface area contributed by atoms with Crippen molar-refractivity contribution in [2.45, 2.75) is 51.0 Å². The van der Waals surface area contributed by atoms with Crippen LogP contribution in [-0.4, -0.2) is 40.2 Å². The Balaban J connectivity index is 1.68. The van der Waals surface area contributed by atoms with Crippen molar-refractivity contribution >= 4 is 17.5 Å². The first-order valence-electron chi connectivity index (χ1n) is 8.40. The third-order valence-corrected chi connectivity index (χ3v) is 4.80. The lowest BCUT2D eigenvalue weighted by Gasteiger charge is -2.32. The average molecular weight is 320 g/mol. The summed E-state index contributed by atoms with van der Waals surface area (Å²) in [6.07, 6.45) is 8.61. The third kappa shape index (κ3) is 3.65. The van der Waals surface area contributed by atoms with E-state index in [1.165, 1.54) is 25.6 Å². The van der Waals surface area contributed by atoms with E-state index >= 15 is 0 Å². The van der Waals surface area contributed by atoms with Gasteiger partial charge in [-0.05, 0) is 38.5 Å². The summed E-state index contributed by atoms with van der Waals surface area (Å²) in [7, 11) is 0. The number of carboxylic acids is 1. The number of anilines is 2. The summed E-state index contributed by atoms with van der Waals surface area (Å²) in [5, 5.41) is 9.09. The van der Waals surface area contributed by atoms with E-state index in [0.29, 0.717) is 43.3 Å². The first-order valence-corrected chi connectivity index (χ1v) is 8.40. The predicted octanol–water partition coefficient (Wildman–Crippen LogP) is 2.07. The van der Waals surface area contributed by atoms with E-state index in [1.807, 2.05) is 4.90 Å². The summed E-state index contributed by atoms with van der Waals surface area (Å²) < 4.78 is 5.98. The summed E-state index contributed by atoms with van der Waals surface area (Å²) in [5.41, 5.74) is 6.68. The van der Waals surface area contributed by atoms with Crippen molar-refractivity contribution < 1.29 is 14.6 Å². The molecule has 1 aromatic heterocycles. The normalized spacial score (nSPS) is 20.4. The molecule has 3 N–H and O–H groups in total. The van der Waals surface area contributed by atoms with Crippen molar-refractivity contribution in [1.29, 1.82) is 0 Å². The Morgan fingerprint density at radius 3 is 2.52 bits per heavy atom. The van der Waals surface area contributed by atoms with E-state index in [9.17, 15) is 4.79 Å². The maximum atomic E-state index is 11.1. The summed E-state index contributed by atoms with van der Waals surface area (Å²) >= 11 is 0. The van der Waals surface area contributed by atoms with E-state index in [1.54, 1.807) is 0 Å². The number of piperidine rings is 1. The van der Waals surface area contributed by atoms with Crippen LogP contribution in [-0.2, 0) is 4.79 Å². The zero-order chi connectivity index (χ0) is 16.2. The van der Waals surface area contributed by atoms with Gasteiger partial charge in [0.15, 0.2) is 5.82 Å². The Labute approximate surface area is 135 Å². The number of hydrogen-bond donors (Lipinski definition) is 2. The minimum absolute atomic E-state index is 0.187. The Kier molecular flexibility index (Phi) is 4.83. The second-order valence-corrected chi connectivity index (χ2v) is 6.39. The summed E-state index contributed by atoms with van der Waals surface area (Å²) in [6.45, 7) is 1.28. The highest BCUT2D eigenvalue weighted by Gasteiger charge is 2.27. The van der Waals surface area contributed by atoms with Crippen LogP contribution in [0.25, 0.3) is 0 Å². The van der Waals surface area contributed by atoms with Crippen molar-refractivity contribution in [3.8, 4) is 5.88 Å². The van der Waals surface area contributed by atoms with E-state index in [-0.39, 0.29) is 12.0 Å². The second-order valence-electron chi connectivity index (χ2n) is 6.39. The van der Waals surface area contributed by atoms with E-state index < -0.39 is 5.97 Å². The van der Waals surface area contributed by atoms with Crippen molar-refractivity contribution in [3.05, 3.63) is 6.33 Å². The molecular formula is C16H24N4O3. The number of aliphatic carboxylic acids is 1. The fourth-order valence-corrected chi connectivity index (χ4v) is 3.40. The Morgan fingerprint density at radius 1 is 1.17 bits per heavy atom. The number of nitrogen functional groups attached to an aromatic ring is 1. The summed E-state index contributed by atoms with van der Waals surface area (Å²) in [6, 6.07) is 0. The molecule has 7 nitrogen and oxygen atoms in total. The predicted molar refractivity (Wildman–Crippen MR) is 86.5 cm³/mol. The van der Waals surface area contributed by atoms with Crippen LogP contribution in [0.4, 0.5) is 11.5 Å². The van der Waals surface area contributed by atoms with Crippen molar-refractivity contribution in [1.82, 2.24) is 9.97 Å². The van der Waals surface area contributed by atoms with Gasteiger partial charge in [-0.15, -0.1) is 0 Å². The molecule has 1 saturated carbocycles. The lowest BCUT2D eigenvalue weighted by molar-refractivity contribution is -0.142. The second kappa shape index (κ2) is 7.02. The lowest BCUT2D eigenvalue weighted by atomic mass is 9.97. The van der Waals surface area contributed by atoms with Gasteiger partial charge in [-0.3, -0.25) is 4.79 Å². The van der Waals surface area contributed by atoms with Crippen molar-refractivity contribution in [2.75, 3.05) is 23.7 Å². The first-order chi connectivity index (χ1) is 11.1. The number of carboxylic acid groups (broad SMARTS) is 1. The maximum Gasteiger partial charge on any atom is 0.306 e. The molecule has 2 aliphatic rings. The Hall–Kier alpha value is -2.05. The number of hydrogen-bond acceptors (Lipinski definition) is 6. The Bertz CT molecular complexity index is 552. The van der Waals surface area contributed by atoms with Crippen LogP contribution in [0.2, 0.25) is 0 Å². The molecule has 1 aliphatic carbocycles. The van der Waals surface area contributed by atoms with Gasteiger partial charge in [-0.1, -0.05) is 6.42 Å². The topological polar surface area (TPSA) is 102 Å². The first kappa shape index (κ1) is 15.8. The molecule has 2 heterocycles. The van der Waals surface area contributed by atoms with Gasteiger partial charge in [0.2, 0.25) is 5.88 Å². The fraction of sp³-hybridized carbons (Fsp3) is 0.688. The summed E-state index contributed by atoms with van der Waals surface area (Å²) in [5.74, 6) is 0.130. The SMILES string of the molecule is Nc1c(OC2CCCCC2)ncnc1N1CCC(C(=O)O)CC1. The smallest absolute Gasteiger partial charge is 0.306 e. The fourth-order valence-electron chi connectivity index (χ4n) is 3.40. The largest absolute Gasteiger partial charge is 0.481 e. The molecule has 0 amide bonds. The molecule has 23 heavy (non-hydrogen) atoms. The number of nitrogens with zero attached hydrogens (tertiary/aromatic N) is 3. The van der Waals surface area contributed by atoms with E-state index in [0.717, 1.165) is 12.8 Å². The van der Waals surface area contributed by atoms with Gasteiger partial charge in [0.1, 0.15) is 18.1 Å². The molecule has 2 fully saturated rings. The quantitative estimate of drug-likeness (QED) is 0.875. The van der Waals surface area contributed by atoms with Gasteiger partial charge in [0.05, 0.1) is 5.92 Å². The molecule has 0 aromatic carbocycles. The van der Waals surface area contributed by atoms with E-state index in [4.69, 9.17) is 15.6 Å². The van der Waals surface area contributed by atoms with Crippen molar-refractivity contribution in [3.63, 3.8) is 0 Å². The number of aromatic nitrogens is 2. The third-order valence-electron chi connectivity index (χ3n) is 4.80. The molecule has 0 atom stereocenters. The minimum Gasteiger partial charge on any atom is -0.481 e. The molecule has 126 valence electrons. The van der Waals surface area contributed by atoms with Crippen LogP contribution >= 0.6 is 0 Å². The van der Waals surface area contributed by atoms with Gasteiger partial charge in [-0.2, -0.15) is 4.98 Å². The zero-order valence-electron chi connectivity index (χ0n) is 13.3. The van der Waals surface area contributed by atoms with Crippen LogP contribution in [0, 0.1) is 5.92 Å². The van der Waals surface area contributed by atoms with Gasteiger partial charge in [-0.25, -0.2) is 4.98 Å². The molecule has 7 heteroatoms. The molecule has 0 bridgehead atoms. The van der Waals surface area contributed by atoms with Crippen LogP contribution < -0.4 is 15.4 Å². The van der Waals surface area contributed by atoms with E-state index in [2.05, 4.69) is 9.97 Å². The highest BCUT2D eigenvalue weighted by Crippen LogP contribution is 2.33. The van der Waals surface area contributed by atoms with Crippen LogP contribution in [0.1, 0.15) is 44.9 Å². The number of nitrogens with two attached hydrogens (primary N) is 1. The van der Waals surface area contributed by atoms with Crippen LogP contribution in [0.15, 0.2) is 6.33 Å². The molecule has 3 rings (SSSR count). The highest BCUT2D eigenvalue weighted by atomic mass is 16.5. The monoisotopic (exact) mass is 320 g/mol. The van der Waals surface area contributed by atoms with Gasteiger partial charge in [0, 0.05) is 13.1 Å². The molecule has 0 radical (unpaired) electrons. The van der Waals surface area contributed by atoms with Crippen molar-refractivity contribution in [2.24, 2.45) is 5.92 Å². The average Bonchev–Trinajstić information content (AvgIpc) is 2.58. The molecular weight excluding hydrogens is 296 g/mol. The molecule has 1 saturated heterocycles. The minimum atomic E-state index is -0.721. The maximum absolute atomic E-state index is 11.1. The molecule has 0 unspecified atom stereocenters. The molecule has 1 aromatic rings. The zero-order valence-corrected chi connectivity index (χ0v) is 13.3. The van der Waals surface area contributed by atoms with Gasteiger partial charge >= 0.3 is 5.97 Å². The van der Waals surface area contributed by atoms with Crippen LogP contribution in [0.5, 0.6) is 5.88 Å². The number of ether oxygens (including phenoxy) is 1. The number of rotatable bonds is 4. The summed E-state index contributed by atoms with van der Waals surface area (Å²) in [4.78, 5) is 21.6. The number of carbonyl (C=O) groups is 1. The molecule has 0 spiro atoms. The molecule has 1 aliphatic heterocycles. The standard InChI is InChI=1S/C16H24N4O3/c17-13-14(20-8-6-11(7-9-20)16(21)22)18-10-19-15(13)23-12-4-2-1-3-5-12/h10-12H,1-9,17H2,(H,21,22).